The van der Waals surface area contributed by atoms with Gasteiger partial charge in [0, 0.05) is 19.8 Å². The van der Waals surface area contributed by atoms with Gasteiger partial charge in [-0.05, 0) is 6.08 Å². The van der Waals surface area contributed by atoms with Crippen LogP contribution in [0.5, 0.6) is 0 Å². The number of benzene rings is 1. The van der Waals surface area contributed by atoms with Gasteiger partial charge >= 0.3 is 0 Å². The van der Waals surface area contributed by atoms with Crippen molar-refractivity contribution in [3.05, 3.63) is 48.6 Å². The lowest BCUT2D eigenvalue weighted by atomic mass is 10.1. The molecule has 1 rings (SSSR count). The van der Waals surface area contributed by atoms with E-state index in [-0.39, 0.29) is 0 Å². The molecule has 0 heterocycles. The zero-order valence-corrected chi connectivity index (χ0v) is 7.99. The molecule has 0 spiro atoms. The van der Waals surface area contributed by atoms with E-state index in [4.69, 9.17) is 9.47 Å². The number of methoxy groups -OCH3 is 2. The first-order valence-corrected chi connectivity index (χ1v) is 4.08. The van der Waals surface area contributed by atoms with Crippen LogP contribution in [0.1, 0.15) is 5.56 Å². The zero-order chi connectivity index (χ0) is 9.73. The second kappa shape index (κ2) is 4.21. The predicted octanol–water partition coefficient (Wildman–Crippen LogP) is 2.32. The van der Waals surface area contributed by atoms with Crippen molar-refractivity contribution in [3.63, 3.8) is 0 Å². The smallest absolute Gasteiger partial charge is 0.214 e. The molecule has 2 heteroatoms. The maximum absolute atomic E-state index is 5.28. The summed E-state index contributed by atoms with van der Waals surface area (Å²) in [5, 5.41) is 0. The van der Waals surface area contributed by atoms with Crippen molar-refractivity contribution in [2.24, 2.45) is 0 Å². The summed E-state index contributed by atoms with van der Waals surface area (Å²) in [6.07, 6.45) is 1.64. The van der Waals surface area contributed by atoms with Gasteiger partial charge in [0.15, 0.2) is 0 Å². The fourth-order valence-electron chi connectivity index (χ4n) is 1.27. The standard InChI is InChI=1S/C11H14O2/c1-4-11(12-2,13-3)10-8-6-5-7-9-10/h4-9H,1H2,2-3H3. The lowest BCUT2D eigenvalue weighted by Gasteiger charge is -2.27. The Bertz CT molecular complexity index is 263. The third-order valence-electron chi connectivity index (χ3n) is 2.05. The van der Waals surface area contributed by atoms with Crippen LogP contribution < -0.4 is 0 Å². The van der Waals surface area contributed by atoms with Crippen molar-refractivity contribution in [1.29, 1.82) is 0 Å². The monoisotopic (exact) mass is 178 g/mol. The third-order valence-corrected chi connectivity index (χ3v) is 2.05. The highest BCUT2D eigenvalue weighted by molar-refractivity contribution is 5.24. The van der Waals surface area contributed by atoms with Crippen molar-refractivity contribution >= 4 is 0 Å². The molecule has 0 bridgehead atoms. The second-order valence-electron chi connectivity index (χ2n) is 2.65. The van der Waals surface area contributed by atoms with Crippen LogP contribution >= 0.6 is 0 Å². The van der Waals surface area contributed by atoms with Crippen molar-refractivity contribution in [3.8, 4) is 0 Å². The molecule has 0 unspecified atom stereocenters. The summed E-state index contributed by atoms with van der Waals surface area (Å²) in [4.78, 5) is 0. The summed E-state index contributed by atoms with van der Waals surface area (Å²) < 4.78 is 10.6. The molecule has 0 aliphatic carbocycles. The van der Waals surface area contributed by atoms with Crippen molar-refractivity contribution < 1.29 is 9.47 Å². The Hall–Kier alpha value is -1.12. The van der Waals surface area contributed by atoms with Crippen LogP contribution in [0.3, 0.4) is 0 Å². The molecule has 0 saturated heterocycles. The van der Waals surface area contributed by atoms with Gasteiger partial charge in [-0.2, -0.15) is 0 Å². The van der Waals surface area contributed by atoms with E-state index in [1.807, 2.05) is 30.3 Å². The van der Waals surface area contributed by atoms with E-state index in [1.54, 1.807) is 20.3 Å². The molecule has 0 aliphatic heterocycles. The number of ether oxygens (including phenoxy) is 2. The van der Waals surface area contributed by atoms with Crippen LogP contribution in [-0.2, 0) is 15.3 Å². The fourth-order valence-corrected chi connectivity index (χ4v) is 1.27. The van der Waals surface area contributed by atoms with Gasteiger partial charge in [0.1, 0.15) is 0 Å². The maximum Gasteiger partial charge on any atom is 0.214 e. The Labute approximate surface area is 78.8 Å². The quantitative estimate of drug-likeness (QED) is 0.520. The Kier molecular flexibility index (Phi) is 3.23. The largest absolute Gasteiger partial charge is 0.346 e. The van der Waals surface area contributed by atoms with Crippen molar-refractivity contribution in [2.45, 2.75) is 5.79 Å². The lowest BCUT2D eigenvalue weighted by Crippen LogP contribution is -2.27. The molecule has 0 fully saturated rings. The molecule has 2 nitrogen and oxygen atoms in total. The highest BCUT2D eigenvalue weighted by Gasteiger charge is 2.27. The molecule has 0 saturated carbocycles. The topological polar surface area (TPSA) is 18.5 Å². The maximum atomic E-state index is 5.28. The molecule has 0 radical (unpaired) electrons. The lowest BCUT2D eigenvalue weighted by molar-refractivity contribution is -0.177. The minimum atomic E-state index is -0.818. The molecule has 13 heavy (non-hydrogen) atoms. The van der Waals surface area contributed by atoms with E-state index in [9.17, 15) is 0 Å². The Morgan fingerprint density at radius 1 is 1.15 bits per heavy atom. The van der Waals surface area contributed by atoms with Crippen LogP contribution in [0, 0.1) is 0 Å². The summed E-state index contributed by atoms with van der Waals surface area (Å²) in [6, 6.07) is 9.70. The van der Waals surface area contributed by atoms with Gasteiger partial charge in [-0.25, -0.2) is 0 Å². The molecular formula is C11H14O2. The minimum absolute atomic E-state index is 0.818. The zero-order valence-electron chi connectivity index (χ0n) is 7.99. The van der Waals surface area contributed by atoms with Gasteiger partial charge in [-0.15, -0.1) is 0 Å². The molecule has 0 amide bonds. The van der Waals surface area contributed by atoms with E-state index in [1.165, 1.54) is 0 Å². The van der Waals surface area contributed by atoms with E-state index >= 15 is 0 Å². The number of hydrogen-bond acceptors (Lipinski definition) is 2. The summed E-state index contributed by atoms with van der Waals surface area (Å²) >= 11 is 0. The van der Waals surface area contributed by atoms with Crippen LogP contribution in [0.2, 0.25) is 0 Å². The molecule has 70 valence electrons. The van der Waals surface area contributed by atoms with Gasteiger partial charge in [0.05, 0.1) is 0 Å². The van der Waals surface area contributed by atoms with Gasteiger partial charge < -0.3 is 9.47 Å². The van der Waals surface area contributed by atoms with Crippen LogP contribution in [0.25, 0.3) is 0 Å². The fraction of sp³-hybridized carbons (Fsp3) is 0.273. The SMILES string of the molecule is C=CC(OC)(OC)c1ccccc1. The molecule has 1 aromatic rings. The van der Waals surface area contributed by atoms with Gasteiger partial charge in [0.25, 0.3) is 0 Å². The van der Waals surface area contributed by atoms with Crippen LogP contribution in [0.4, 0.5) is 0 Å². The first-order valence-electron chi connectivity index (χ1n) is 4.08. The molecule has 1 aromatic carbocycles. The molecule has 0 aromatic heterocycles. The molecule has 0 atom stereocenters. The van der Waals surface area contributed by atoms with E-state index in [2.05, 4.69) is 6.58 Å². The van der Waals surface area contributed by atoms with Crippen molar-refractivity contribution in [2.75, 3.05) is 14.2 Å². The highest BCUT2D eigenvalue weighted by Crippen LogP contribution is 2.26. The molecular weight excluding hydrogens is 164 g/mol. The van der Waals surface area contributed by atoms with Gasteiger partial charge in [-0.3, -0.25) is 0 Å². The first-order chi connectivity index (χ1) is 6.29. The van der Waals surface area contributed by atoms with E-state index < -0.39 is 5.79 Å². The summed E-state index contributed by atoms with van der Waals surface area (Å²) in [6.45, 7) is 3.70. The minimum Gasteiger partial charge on any atom is -0.346 e. The summed E-state index contributed by atoms with van der Waals surface area (Å²) in [5.74, 6) is -0.818. The third kappa shape index (κ3) is 1.79. The Balaban J connectivity index is 3.08. The van der Waals surface area contributed by atoms with E-state index in [0.717, 1.165) is 5.56 Å². The van der Waals surface area contributed by atoms with Gasteiger partial charge in [0.2, 0.25) is 5.79 Å². The first kappa shape index (κ1) is 9.96. The van der Waals surface area contributed by atoms with Gasteiger partial charge in [-0.1, -0.05) is 36.9 Å². The highest BCUT2D eigenvalue weighted by atomic mass is 16.7. The molecule has 0 N–H and O–H groups in total. The van der Waals surface area contributed by atoms with Crippen LogP contribution in [0.15, 0.2) is 43.0 Å². The Morgan fingerprint density at radius 3 is 2.08 bits per heavy atom. The van der Waals surface area contributed by atoms with E-state index in [0.29, 0.717) is 0 Å². The predicted molar refractivity (Wildman–Crippen MR) is 52.3 cm³/mol. The normalized spacial score (nSPS) is 11.2. The summed E-state index contributed by atoms with van der Waals surface area (Å²) in [7, 11) is 3.19. The molecule has 0 aliphatic rings. The summed E-state index contributed by atoms with van der Waals surface area (Å²) in [5.41, 5.74) is 0.940. The average Bonchev–Trinajstić information content (AvgIpc) is 2.23. The van der Waals surface area contributed by atoms with Crippen LogP contribution in [-0.4, -0.2) is 14.2 Å². The average molecular weight is 178 g/mol. The number of rotatable bonds is 4. The van der Waals surface area contributed by atoms with Crippen molar-refractivity contribution in [1.82, 2.24) is 0 Å². The Morgan fingerprint density at radius 2 is 1.69 bits per heavy atom. The second-order valence-corrected chi connectivity index (χ2v) is 2.65. The number of hydrogen-bond donors (Lipinski definition) is 0.